The third-order valence-electron chi connectivity index (χ3n) is 26.6. The molecule has 30 aromatic rings. The molecule has 0 aliphatic rings. The van der Waals surface area contributed by atoms with Crippen LogP contribution in [0, 0.1) is 27.7 Å². The van der Waals surface area contributed by atoms with Gasteiger partial charge in [-0.25, -0.2) is 15.0 Å². The maximum absolute atomic E-state index is 6.31. The number of aromatic nitrogens is 12. The lowest BCUT2D eigenvalue weighted by atomic mass is 10.1. The summed E-state index contributed by atoms with van der Waals surface area (Å²) in [4.78, 5) is 18.2. The van der Waals surface area contributed by atoms with E-state index in [1.807, 2.05) is 36.4 Å². The number of para-hydroxylation sites is 15. The van der Waals surface area contributed by atoms with Crippen LogP contribution >= 0.6 is 0 Å². The zero-order valence-corrected chi connectivity index (χ0v) is 71.0. The zero-order chi connectivity index (χ0) is 85.8. The van der Waals surface area contributed by atoms with Gasteiger partial charge < -0.3 is 31.9 Å². The Morgan fingerprint density at radius 3 is 1.32 bits per heavy atom. The van der Waals surface area contributed by atoms with Gasteiger partial charge in [-0.1, -0.05) is 193 Å². The second kappa shape index (κ2) is 28.0. The molecule has 0 aliphatic heterocycles. The summed E-state index contributed by atoms with van der Waals surface area (Å²) in [6.45, 7) is 8.54. The van der Waals surface area contributed by atoms with Gasteiger partial charge in [-0.3, -0.25) is 22.3 Å². The monoisotopic (exact) mass is 1670 g/mol. The molecule has 0 atom stereocenters. The number of aryl methyl sites for hydroxylation is 4. The molecule has 0 amide bonds. The van der Waals surface area contributed by atoms with Gasteiger partial charge in [0, 0.05) is 82.0 Å². The van der Waals surface area contributed by atoms with Gasteiger partial charge >= 0.3 is 0 Å². The number of imidazole rings is 6. The molecule has 130 heavy (non-hydrogen) atoms. The first-order valence-corrected chi connectivity index (χ1v) is 44.0. The van der Waals surface area contributed by atoms with E-state index in [-0.39, 0.29) is 0 Å². The van der Waals surface area contributed by atoms with Crippen molar-refractivity contribution in [2.45, 2.75) is 27.7 Å². The van der Waals surface area contributed by atoms with Crippen LogP contribution in [0.4, 0.5) is 0 Å². The molecule has 30 rings (SSSR count). The van der Waals surface area contributed by atoms with Crippen LogP contribution in [-0.2, 0) is 0 Å². The third-order valence-corrected chi connectivity index (χ3v) is 26.6. The van der Waals surface area contributed by atoms with Gasteiger partial charge in [0.15, 0.2) is 0 Å². The Kier molecular flexibility index (Phi) is 15.7. The fourth-order valence-corrected chi connectivity index (χ4v) is 20.9. The lowest BCUT2D eigenvalue weighted by molar-refractivity contribution is 0.665. The van der Waals surface area contributed by atoms with E-state index < -0.39 is 0 Å². The van der Waals surface area contributed by atoms with E-state index >= 15 is 0 Å². The minimum absolute atomic E-state index is 0.874. The van der Waals surface area contributed by atoms with E-state index in [9.17, 15) is 0 Å². The highest BCUT2D eigenvalue weighted by Gasteiger charge is 2.26. The van der Waals surface area contributed by atoms with Crippen molar-refractivity contribution in [3.8, 4) is 28.4 Å². The van der Waals surface area contributed by atoms with Crippen LogP contribution in [0.3, 0.4) is 0 Å². The summed E-state index contributed by atoms with van der Waals surface area (Å²) in [6, 6.07) is 135. The average Bonchev–Trinajstić information content (AvgIpc) is 1.55. The minimum atomic E-state index is 0.874. The molecule has 12 aromatic heterocycles. The lowest BCUT2D eigenvalue weighted by Gasteiger charge is -2.09. The molecule has 0 spiro atoms. The van der Waals surface area contributed by atoms with Gasteiger partial charge in [-0.15, -0.1) is 0 Å². The first-order valence-electron chi connectivity index (χ1n) is 44.0. The quantitative estimate of drug-likeness (QED) is 0.183. The lowest BCUT2D eigenvalue weighted by Crippen LogP contribution is -1.96. The molecular weight excluding hydrogens is 1600 g/mol. The second-order valence-electron chi connectivity index (χ2n) is 34.2. The zero-order valence-electron chi connectivity index (χ0n) is 71.0. The largest absolute Gasteiger partial charge is 0.456 e. The molecule has 12 heterocycles. The fourth-order valence-electron chi connectivity index (χ4n) is 20.9. The number of furan rings is 3. The minimum Gasteiger partial charge on any atom is -0.456 e. The Labute approximate surface area is 739 Å². The molecule has 0 bridgehead atoms. The van der Waals surface area contributed by atoms with E-state index in [1.165, 1.54) is 93.1 Å². The number of nitrogens with zero attached hydrogens (tertiary/aromatic N) is 11. The maximum atomic E-state index is 6.31. The van der Waals surface area contributed by atoms with Crippen molar-refractivity contribution in [2.24, 2.45) is 0 Å². The van der Waals surface area contributed by atoms with Crippen molar-refractivity contribution in [2.75, 3.05) is 0 Å². The van der Waals surface area contributed by atoms with Crippen LogP contribution in [0.5, 0.6) is 0 Å². The van der Waals surface area contributed by atoms with Crippen LogP contribution < -0.4 is 0 Å². The Morgan fingerprint density at radius 2 is 0.638 bits per heavy atom. The van der Waals surface area contributed by atoms with E-state index in [4.69, 9.17) is 23.2 Å². The Hall–Kier alpha value is -17.4. The van der Waals surface area contributed by atoms with Gasteiger partial charge in [0.2, 0.25) is 17.3 Å². The molecule has 614 valence electrons. The summed E-state index contributed by atoms with van der Waals surface area (Å²) in [5.41, 5.74) is 36.2. The number of benzene rings is 18. The number of fused-ring (bicyclic) bond motifs is 33. The second-order valence-corrected chi connectivity index (χ2v) is 34.2. The van der Waals surface area contributed by atoms with Gasteiger partial charge in [0.25, 0.3) is 0 Å². The van der Waals surface area contributed by atoms with Crippen LogP contribution in [0.1, 0.15) is 22.3 Å². The molecule has 1 N–H and O–H groups in total. The number of hydrogen-bond donors (Lipinski definition) is 1. The van der Waals surface area contributed by atoms with Crippen molar-refractivity contribution in [1.29, 1.82) is 0 Å². The van der Waals surface area contributed by atoms with Gasteiger partial charge in [-0.05, 0) is 239 Å². The van der Waals surface area contributed by atoms with Crippen LogP contribution in [0.15, 0.2) is 395 Å². The highest BCUT2D eigenvalue weighted by Crippen LogP contribution is 2.44. The Balaban J connectivity index is 0.0000000939. The SMILES string of the molecule is Cc1ccc2oc3ccc(-n4c5ccccc5c5cc(-n6c7ccccc7n7c8ccccc8nc67)ccc54)cc3c2c1.Cc1ccc2oc3cccc(-n4c5ccccc5n5c6cc(-n7c8ccccc8c8ccccc87)ccc6nc45)c3c2c1.Cc1cccc2c1oc1ccc(-n3c4ccccc4c4c(C)cccc43)cc12.c1ccc2c(c1)nc1[nH]c3ccccc3n12. The number of rotatable bonds is 5. The van der Waals surface area contributed by atoms with Gasteiger partial charge in [0.1, 0.15) is 33.5 Å². The summed E-state index contributed by atoms with van der Waals surface area (Å²) in [5, 5.41) is 14.4. The van der Waals surface area contributed by atoms with Crippen molar-refractivity contribution >= 4 is 215 Å². The van der Waals surface area contributed by atoms with Crippen LogP contribution in [-0.4, -0.2) is 56.0 Å². The average molecular weight is 1670 g/mol. The summed E-state index contributed by atoms with van der Waals surface area (Å²) < 4.78 is 37.0. The Bertz CT molecular complexity index is 9890. The number of nitrogens with one attached hydrogen (secondary N) is 1. The molecule has 0 saturated carbocycles. The smallest absolute Gasteiger partial charge is 0.220 e. The van der Waals surface area contributed by atoms with Gasteiger partial charge in [0.05, 0.1) is 110 Å². The van der Waals surface area contributed by atoms with Crippen molar-refractivity contribution in [1.82, 2.24) is 56.0 Å². The van der Waals surface area contributed by atoms with E-state index in [2.05, 4.69) is 419 Å². The van der Waals surface area contributed by atoms with E-state index in [1.54, 1.807) is 0 Å². The highest BCUT2D eigenvalue weighted by molar-refractivity contribution is 6.16. The van der Waals surface area contributed by atoms with Crippen molar-refractivity contribution in [3.05, 3.63) is 404 Å². The number of aromatic amines is 1. The predicted molar refractivity (Wildman–Crippen MR) is 534 cm³/mol. The van der Waals surface area contributed by atoms with Crippen molar-refractivity contribution < 1.29 is 13.3 Å². The Morgan fingerprint density at radius 1 is 0.223 bits per heavy atom. The van der Waals surface area contributed by atoms with Crippen LogP contribution in [0.25, 0.3) is 243 Å². The molecule has 0 unspecified atom stereocenters. The maximum Gasteiger partial charge on any atom is 0.220 e. The number of hydrogen-bond acceptors (Lipinski definition) is 6. The van der Waals surface area contributed by atoms with Crippen LogP contribution in [0.2, 0.25) is 0 Å². The van der Waals surface area contributed by atoms with E-state index in [0.29, 0.717) is 0 Å². The molecule has 15 nitrogen and oxygen atoms in total. The normalized spacial score (nSPS) is 12.2. The summed E-state index contributed by atoms with van der Waals surface area (Å²) in [6.07, 6.45) is 0. The molecular formula is C115H76N12O3. The molecule has 0 fully saturated rings. The molecule has 0 radical (unpaired) electrons. The third kappa shape index (κ3) is 10.9. The first kappa shape index (κ1) is 73.0. The summed E-state index contributed by atoms with van der Waals surface area (Å²) in [7, 11) is 0. The topological polar surface area (TPSA) is 132 Å². The molecule has 18 aromatic carbocycles. The first-order chi connectivity index (χ1) is 64.1. The standard InChI is InChI=1S/2C38H24N4O.C26H19NO.C13H9N3/c1-23-17-20-35-27(21-23)37-33(15-8-16-36(37)43-35)41-31-13-6-7-14-32(31)42-34-22-24(18-19-28(34)39-38(41)42)40-29-11-4-2-9-25(29)26-10-3-5-12-30(26)40;1-23-14-18-36-28(20-23)29-22-24(16-19-37(29)43-36)40-31-10-4-2-8-26(31)27-21-25(15-17-32(27)40)41-34-12-6-7-13-35(34)42-33-11-5-3-9-30(33)39-38(41)42;1-16-7-6-12-23-25(16)20-9-3-4-11-22(20)27(23)18-13-14-24-21(15-18)19-10-5-8-17(2)26(19)28-24;1-3-7-11-9(5-1)14-13-15-10-6-2-4-8-12(10)16(11)13/h2*2-22H,1H3;3-15H,1-2H3;1-8H,(H,14,15). The number of H-pyrrole nitrogens is 1. The summed E-state index contributed by atoms with van der Waals surface area (Å²) >= 11 is 0. The molecule has 0 aliphatic carbocycles. The van der Waals surface area contributed by atoms with Crippen molar-refractivity contribution in [3.63, 3.8) is 0 Å². The molecule has 15 heteroatoms. The predicted octanol–water partition coefficient (Wildman–Crippen LogP) is 29.7. The molecule has 0 saturated heterocycles. The fraction of sp³-hybridized carbons (Fsp3) is 0.0348. The highest BCUT2D eigenvalue weighted by atomic mass is 16.3. The van der Waals surface area contributed by atoms with E-state index in [0.717, 1.165) is 172 Å². The van der Waals surface area contributed by atoms with Gasteiger partial charge in [-0.2, -0.15) is 0 Å². The summed E-state index contributed by atoms with van der Waals surface area (Å²) in [5.74, 6) is 2.70.